The van der Waals surface area contributed by atoms with Gasteiger partial charge in [0, 0.05) is 18.9 Å². The molecule has 1 N–H and O–H groups in total. The molecule has 1 saturated heterocycles. The standard InChI is InChI=1S/C16H14FN5O2/c17-11-6-10(7-18-8-11)13-2-1-4-21(13)14-3-5-22-15(20-14)12(9-19-22)16(23)24/h3,5-9,13H,1-2,4H2,(H,23,24)/t13-/m1/s1. The average Bonchev–Trinajstić information content (AvgIpc) is 3.21. The first-order valence-corrected chi connectivity index (χ1v) is 7.58. The fourth-order valence-electron chi connectivity index (χ4n) is 3.17. The second kappa shape index (κ2) is 5.55. The van der Waals surface area contributed by atoms with Crippen LogP contribution in [0.3, 0.4) is 0 Å². The number of hydrogen-bond donors (Lipinski definition) is 1. The average molecular weight is 327 g/mol. The Morgan fingerprint density at radius 3 is 3.00 bits per heavy atom. The van der Waals surface area contributed by atoms with Gasteiger partial charge in [0.05, 0.1) is 18.4 Å². The maximum absolute atomic E-state index is 13.5. The highest BCUT2D eigenvalue weighted by atomic mass is 19.1. The highest BCUT2D eigenvalue weighted by molar-refractivity contribution is 5.94. The molecule has 0 unspecified atom stereocenters. The number of nitrogens with zero attached hydrogens (tertiary/aromatic N) is 5. The second-order valence-corrected chi connectivity index (χ2v) is 5.71. The lowest BCUT2D eigenvalue weighted by Gasteiger charge is -2.26. The van der Waals surface area contributed by atoms with Gasteiger partial charge < -0.3 is 10.0 Å². The van der Waals surface area contributed by atoms with E-state index < -0.39 is 5.97 Å². The zero-order chi connectivity index (χ0) is 16.7. The normalized spacial score (nSPS) is 17.5. The Morgan fingerprint density at radius 2 is 2.21 bits per heavy atom. The highest BCUT2D eigenvalue weighted by Gasteiger charge is 2.28. The molecule has 0 aliphatic carbocycles. The fourth-order valence-corrected chi connectivity index (χ4v) is 3.17. The fraction of sp³-hybridized carbons (Fsp3) is 0.250. The molecule has 4 rings (SSSR count). The largest absolute Gasteiger partial charge is 0.477 e. The predicted molar refractivity (Wildman–Crippen MR) is 83.5 cm³/mol. The Labute approximate surface area is 136 Å². The lowest BCUT2D eigenvalue weighted by Crippen LogP contribution is -2.24. The molecule has 1 aliphatic heterocycles. The molecular weight excluding hydrogens is 313 g/mol. The van der Waals surface area contributed by atoms with Crippen molar-refractivity contribution in [2.45, 2.75) is 18.9 Å². The number of aromatic carboxylic acids is 1. The smallest absolute Gasteiger partial charge is 0.341 e. The number of halogens is 1. The number of aromatic nitrogens is 4. The van der Waals surface area contributed by atoms with Crippen molar-refractivity contribution in [1.82, 2.24) is 19.6 Å². The van der Waals surface area contributed by atoms with Crippen molar-refractivity contribution >= 4 is 17.4 Å². The van der Waals surface area contributed by atoms with Crippen LogP contribution in [0.5, 0.6) is 0 Å². The van der Waals surface area contributed by atoms with Crippen LogP contribution in [0.15, 0.2) is 36.9 Å². The van der Waals surface area contributed by atoms with Gasteiger partial charge in [-0.05, 0) is 30.5 Å². The van der Waals surface area contributed by atoms with Crippen LogP contribution in [0.4, 0.5) is 10.2 Å². The first-order chi connectivity index (χ1) is 11.6. The van der Waals surface area contributed by atoms with Crippen molar-refractivity contribution in [2.75, 3.05) is 11.4 Å². The van der Waals surface area contributed by atoms with Crippen molar-refractivity contribution in [3.8, 4) is 0 Å². The van der Waals surface area contributed by atoms with Crippen LogP contribution in [-0.4, -0.2) is 37.2 Å². The SMILES string of the molecule is O=C(O)c1cnn2ccc(N3CCC[C@@H]3c3cncc(F)c3)nc12. The molecule has 0 aromatic carbocycles. The summed E-state index contributed by atoms with van der Waals surface area (Å²) in [7, 11) is 0. The molecule has 3 aromatic heterocycles. The van der Waals surface area contributed by atoms with E-state index in [-0.39, 0.29) is 17.4 Å². The molecule has 7 nitrogen and oxygen atoms in total. The summed E-state index contributed by atoms with van der Waals surface area (Å²) in [4.78, 5) is 21.7. The number of carboxylic acids is 1. The van der Waals surface area contributed by atoms with E-state index in [1.807, 2.05) is 0 Å². The molecule has 8 heteroatoms. The maximum Gasteiger partial charge on any atom is 0.341 e. The lowest BCUT2D eigenvalue weighted by molar-refractivity contribution is 0.0699. The molecule has 1 atom stereocenters. The van der Waals surface area contributed by atoms with Gasteiger partial charge in [-0.15, -0.1) is 0 Å². The number of carbonyl (C=O) groups is 1. The zero-order valence-electron chi connectivity index (χ0n) is 12.6. The number of carboxylic acid groups (broad SMARTS) is 1. The van der Waals surface area contributed by atoms with E-state index in [0.717, 1.165) is 24.9 Å². The lowest BCUT2D eigenvalue weighted by atomic mass is 10.1. The minimum atomic E-state index is -1.07. The number of pyridine rings is 1. The third kappa shape index (κ3) is 2.36. The maximum atomic E-state index is 13.5. The Morgan fingerprint density at radius 1 is 1.33 bits per heavy atom. The summed E-state index contributed by atoms with van der Waals surface area (Å²) < 4.78 is 14.9. The van der Waals surface area contributed by atoms with E-state index in [1.165, 1.54) is 23.0 Å². The highest BCUT2D eigenvalue weighted by Crippen LogP contribution is 2.35. The van der Waals surface area contributed by atoms with Gasteiger partial charge in [0.25, 0.3) is 0 Å². The number of hydrogen-bond acceptors (Lipinski definition) is 5. The summed E-state index contributed by atoms with van der Waals surface area (Å²) in [5, 5.41) is 13.2. The van der Waals surface area contributed by atoms with Gasteiger partial charge in [-0.3, -0.25) is 4.98 Å². The molecule has 122 valence electrons. The van der Waals surface area contributed by atoms with E-state index in [4.69, 9.17) is 0 Å². The summed E-state index contributed by atoms with van der Waals surface area (Å²) in [6.07, 6.45) is 7.61. The van der Waals surface area contributed by atoms with Gasteiger partial charge in [-0.2, -0.15) is 5.10 Å². The third-order valence-corrected chi connectivity index (χ3v) is 4.24. The van der Waals surface area contributed by atoms with Crippen LogP contribution in [0.1, 0.15) is 34.8 Å². The van der Waals surface area contributed by atoms with Crippen LogP contribution in [0.25, 0.3) is 5.65 Å². The summed E-state index contributed by atoms with van der Waals surface area (Å²) >= 11 is 0. The molecule has 0 amide bonds. The van der Waals surface area contributed by atoms with Crippen molar-refractivity contribution in [1.29, 1.82) is 0 Å². The molecule has 3 aromatic rings. The van der Waals surface area contributed by atoms with Crippen LogP contribution in [-0.2, 0) is 0 Å². The van der Waals surface area contributed by atoms with E-state index in [9.17, 15) is 14.3 Å². The quantitative estimate of drug-likeness (QED) is 0.795. The van der Waals surface area contributed by atoms with E-state index in [0.29, 0.717) is 11.5 Å². The Bertz CT molecular complexity index is 926. The number of anilines is 1. The number of fused-ring (bicyclic) bond motifs is 1. The molecule has 0 radical (unpaired) electrons. The first-order valence-electron chi connectivity index (χ1n) is 7.58. The summed E-state index contributed by atoms with van der Waals surface area (Å²) in [6.45, 7) is 0.765. The van der Waals surface area contributed by atoms with Crippen molar-refractivity contribution < 1.29 is 14.3 Å². The molecule has 0 spiro atoms. The third-order valence-electron chi connectivity index (χ3n) is 4.24. The van der Waals surface area contributed by atoms with Crippen LogP contribution in [0, 0.1) is 5.82 Å². The number of rotatable bonds is 3. The minimum Gasteiger partial charge on any atom is -0.477 e. The van der Waals surface area contributed by atoms with Gasteiger partial charge in [0.1, 0.15) is 17.2 Å². The van der Waals surface area contributed by atoms with Gasteiger partial charge >= 0.3 is 5.97 Å². The Hall–Kier alpha value is -3.03. The molecule has 24 heavy (non-hydrogen) atoms. The van der Waals surface area contributed by atoms with Crippen LogP contribution in [0.2, 0.25) is 0 Å². The molecule has 0 saturated carbocycles. The molecule has 0 bridgehead atoms. The van der Waals surface area contributed by atoms with E-state index in [2.05, 4.69) is 20.0 Å². The van der Waals surface area contributed by atoms with Gasteiger partial charge in [-0.1, -0.05) is 0 Å². The Balaban J connectivity index is 1.75. The molecule has 1 fully saturated rings. The van der Waals surface area contributed by atoms with Crippen LogP contribution >= 0.6 is 0 Å². The molecule has 4 heterocycles. The molecular formula is C16H14FN5O2. The van der Waals surface area contributed by atoms with E-state index >= 15 is 0 Å². The van der Waals surface area contributed by atoms with Gasteiger partial charge in [0.15, 0.2) is 5.65 Å². The summed E-state index contributed by atoms with van der Waals surface area (Å²) in [5.41, 5.74) is 1.14. The van der Waals surface area contributed by atoms with Crippen molar-refractivity contribution in [3.05, 3.63) is 53.9 Å². The van der Waals surface area contributed by atoms with Gasteiger partial charge in [-0.25, -0.2) is 18.7 Å². The summed E-state index contributed by atoms with van der Waals surface area (Å²) in [6, 6.07) is 3.24. The van der Waals surface area contributed by atoms with Crippen LogP contribution < -0.4 is 4.90 Å². The predicted octanol–water partition coefficient (Wildman–Crippen LogP) is 2.30. The topological polar surface area (TPSA) is 83.6 Å². The molecule has 1 aliphatic rings. The van der Waals surface area contributed by atoms with E-state index in [1.54, 1.807) is 18.5 Å². The first kappa shape index (κ1) is 14.6. The van der Waals surface area contributed by atoms with Crippen molar-refractivity contribution in [3.63, 3.8) is 0 Å². The summed E-state index contributed by atoms with van der Waals surface area (Å²) in [5.74, 6) is -0.786. The van der Waals surface area contributed by atoms with Crippen molar-refractivity contribution in [2.24, 2.45) is 0 Å². The Kier molecular flexibility index (Phi) is 3.37. The van der Waals surface area contributed by atoms with Gasteiger partial charge in [0.2, 0.25) is 0 Å². The minimum absolute atomic E-state index is 0.0284. The second-order valence-electron chi connectivity index (χ2n) is 5.71. The zero-order valence-corrected chi connectivity index (χ0v) is 12.6. The monoisotopic (exact) mass is 327 g/mol.